The van der Waals surface area contributed by atoms with Crippen LogP contribution in [0.4, 0.5) is 14.9 Å². The van der Waals surface area contributed by atoms with Gasteiger partial charge < -0.3 is 15.7 Å². The van der Waals surface area contributed by atoms with Gasteiger partial charge in [-0.05, 0) is 60.9 Å². The third-order valence-corrected chi connectivity index (χ3v) is 7.36. The van der Waals surface area contributed by atoms with E-state index >= 15 is 0 Å². The van der Waals surface area contributed by atoms with Crippen molar-refractivity contribution in [3.63, 3.8) is 0 Å². The monoisotopic (exact) mass is 466 g/mol. The van der Waals surface area contributed by atoms with Gasteiger partial charge in [-0.2, -0.15) is 0 Å². The van der Waals surface area contributed by atoms with E-state index in [9.17, 15) is 23.9 Å². The SMILES string of the molecule is CCC1(CC(=O)O)CCc2cc(-c3ccc(NC(=O)NC4CCCCC4)c(F)c3)ccc2C1=O. The number of benzene rings is 2. The maximum absolute atomic E-state index is 14.8. The molecule has 1 fully saturated rings. The van der Waals surface area contributed by atoms with E-state index in [1.54, 1.807) is 24.3 Å². The van der Waals surface area contributed by atoms with Crippen LogP contribution in [-0.2, 0) is 11.2 Å². The third kappa shape index (κ3) is 4.98. The molecule has 3 N–H and O–H groups in total. The number of fused-ring (bicyclic) bond motifs is 1. The highest BCUT2D eigenvalue weighted by Crippen LogP contribution is 2.42. The van der Waals surface area contributed by atoms with Crippen LogP contribution >= 0.6 is 0 Å². The Kier molecular flexibility index (Phi) is 7.00. The van der Waals surface area contributed by atoms with Crippen LogP contribution in [0.1, 0.15) is 74.2 Å². The Morgan fingerprint density at radius 1 is 1.09 bits per heavy atom. The number of aliphatic carboxylic acids is 1. The van der Waals surface area contributed by atoms with Crippen molar-refractivity contribution in [2.75, 3.05) is 5.32 Å². The Bertz CT molecular complexity index is 1110. The van der Waals surface area contributed by atoms with E-state index in [0.717, 1.165) is 36.8 Å². The van der Waals surface area contributed by atoms with Crippen LogP contribution in [0.2, 0.25) is 0 Å². The molecule has 7 heteroatoms. The number of anilines is 1. The minimum Gasteiger partial charge on any atom is -0.481 e. The molecule has 1 atom stereocenters. The largest absolute Gasteiger partial charge is 0.481 e. The van der Waals surface area contributed by atoms with Gasteiger partial charge in [0.25, 0.3) is 0 Å². The second-order valence-corrected chi connectivity index (χ2v) is 9.53. The molecule has 1 unspecified atom stereocenters. The van der Waals surface area contributed by atoms with Crippen molar-refractivity contribution in [1.82, 2.24) is 5.32 Å². The highest BCUT2D eigenvalue weighted by atomic mass is 19.1. The Hall–Kier alpha value is -3.22. The first-order valence-corrected chi connectivity index (χ1v) is 12.1. The molecule has 2 amide bonds. The summed E-state index contributed by atoms with van der Waals surface area (Å²) in [7, 11) is 0. The number of hydrogen-bond acceptors (Lipinski definition) is 3. The maximum Gasteiger partial charge on any atom is 0.319 e. The first-order chi connectivity index (χ1) is 16.3. The molecule has 34 heavy (non-hydrogen) atoms. The number of nitrogens with one attached hydrogen (secondary N) is 2. The number of carbonyl (C=O) groups is 3. The number of urea groups is 1. The molecule has 2 aliphatic carbocycles. The summed E-state index contributed by atoms with van der Waals surface area (Å²) in [5, 5.41) is 14.8. The van der Waals surface area contributed by atoms with Crippen LogP contribution in [0.5, 0.6) is 0 Å². The number of rotatable bonds is 6. The van der Waals surface area contributed by atoms with Gasteiger partial charge in [0.1, 0.15) is 5.82 Å². The Balaban J connectivity index is 1.49. The molecule has 0 bridgehead atoms. The zero-order valence-electron chi connectivity index (χ0n) is 19.5. The van der Waals surface area contributed by atoms with E-state index in [4.69, 9.17) is 0 Å². The van der Waals surface area contributed by atoms with Gasteiger partial charge in [-0.15, -0.1) is 0 Å². The molecule has 0 heterocycles. The molecule has 0 aromatic heterocycles. The summed E-state index contributed by atoms with van der Waals surface area (Å²) < 4.78 is 14.8. The molecular weight excluding hydrogens is 435 g/mol. The Morgan fingerprint density at radius 2 is 1.79 bits per heavy atom. The average molecular weight is 467 g/mol. The van der Waals surface area contributed by atoms with Gasteiger partial charge >= 0.3 is 12.0 Å². The van der Waals surface area contributed by atoms with E-state index in [2.05, 4.69) is 10.6 Å². The topological polar surface area (TPSA) is 95.5 Å². The van der Waals surface area contributed by atoms with Crippen LogP contribution in [0.15, 0.2) is 36.4 Å². The smallest absolute Gasteiger partial charge is 0.319 e. The number of carboxylic acid groups (broad SMARTS) is 1. The summed E-state index contributed by atoms with van der Waals surface area (Å²) >= 11 is 0. The fraction of sp³-hybridized carbons (Fsp3) is 0.444. The van der Waals surface area contributed by atoms with Gasteiger partial charge in [0, 0.05) is 17.0 Å². The van der Waals surface area contributed by atoms with Gasteiger partial charge in [0.2, 0.25) is 0 Å². The van der Waals surface area contributed by atoms with Gasteiger partial charge in [-0.3, -0.25) is 9.59 Å². The number of Topliss-reactive ketones (excluding diaryl/α,β-unsaturated/α-hetero) is 1. The average Bonchev–Trinajstić information content (AvgIpc) is 2.82. The summed E-state index contributed by atoms with van der Waals surface area (Å²) in [6.07, 6.45) is 6.67. The lowest BCUT2D eigenvalue weighted by atomic mass is 9.67. The molecule has 6 nitrogen and oxygen atoms in total. The summed E-state index contributed by atoms with van der Waals surface area (Å²) in [5.41, 5.74) is 2.07. The lowest BCUT2D eigenvalue weighted by Crippen LogP contribution is -2.39. The third-order valence-electron chi connectivity index (χ3n) is 7.36. The van der Waals surface area contributed by atoms with Crippen molar-refractivity contribution in [2.45, 2.75) is 70.8 Å². The molecule has 2 aliphatic rings. The first kappa shape index (κ1) is 23.9. The van der Waals surface area contributed by atoms with Crippen molar-refractivity contribution in [2.24, 2.45) is 5.41 Å². The van der Waals surface area contributed by atoms with Crippen LogP contribution in [0, 0.1) is 11.2 Å². The number of hydrogen-bond donors (Lipinski definition) is 3. The van der Waals surface area contributed by atoms with Crippen molar-refractivity contribution >= 4 is 23.5 Å². The van der Waals surface area contributed by atoms with Gasteiger partial charge in [-0.1, -0.05) is 50.5 Å². The lowest BCUT2D eigenvalue weighted by molar-refractivity contribution is -0.139. The van der Waals surface area contributed by atoms with E-state index in [1.165, 1.54) is 12.5 Å². The number of aryl methyl sites for hydroxylation is 1. The van der Waals surface area contributed by atoms with Crippen LogP contribution in [-0.4, -0.2) is 28.9 Å². The van der Waals surface area contributed by atoms with Gasteiger partial charge in [-0.25, -0.2) is 9.18 Å². The van der Waals surface area contributed by atoms with Crippen molar-refractivity contribution in [3.05, 3.63) is 53.3 Å². The van der Waals surface area contributed by atoms with Gasteiger partial charge in [0.15, 0.2) is 5.78 Å². The number of carbonyl (C=O) groups excluding carboxylic acids is 2. The second-order valence-electron chi connectivity index (χ2n) is 9.53. The zero-order valence-corrected chi connectivity index (χ0v) is 19.5. The van der Waals surface area contributed by atoms with E-state index < -0.39 is 23.2 Å². The van der Waals surface area contributed by atoms with E-state index in [1.807, 2.05) is 13.0 Å². The standard InChI is InChI=1S/C27H31FN2O4/c1-2-27(16-24(31)32)13-12-19-14-17(8-10-21(19)25(27)33)18-9-11-23(22(28)15-18)30-26(34)29-20-6-4-3-5-7-20/h8-11,14-15,20H,2-7,12-13,16H2,1H3,(H,31,32)(H2,29,30,34). The maximum atomic E-state index is 14.8. The minimum atomic E-state index is -0.966. The summed E-state index contributed by atoms with van der Waals surface area (Å²) in [6, 6.07) is 9.77. The van der Waals surface area contributed by atoms with Crippen molar-refractivity contribution < 1.29 is 23.9 Å². The molecular formula is C27H31FN2O4. The molecule has 0 spiro atoms. The highest BCUT2D eigenvalue weighted by Gasteiger charge is 2.42. The van der Waals surface area contributed by atoms with Crippen LogP contribution in [0.25, 0.3) is 11.1 Å². The Morgan fingerprint density at radius 3 is 2.47 bits per heavy atom. The normalized spacial score (nSPS) is 20.5. The predicted octanol–water partition coefficient (Wildman–Crippen LogP) is 5.95. The summed E-state index contributed by atoms with van der Waals surface area (Å²) in [5.74, 6) is -1.62. The molecule has 4 rings (SSSR count). The summed E-state index contributed by atoms with van der Waals surface area (Å²) in [6.45, 7) is 1.86. The molecule has 0 radical (unpaired) electrons. The van der Waals surface area contributed by atoms with Crippen molar-refractivity contribution in [3.8, 4) is 11.1 Å². The molecule has 2 aromatic rings. The molecule has 0 aliphatic heterocycles. The molecule has 180 valence electrons. The zero-order chi connectivity index (χ0) is 24.3. The summed E-state index contributed by atoms with van der Waals surface area (Å²) in [4.78, 5) is 36.7. The van der Waals surface area contributed by atoms with E-state index in [0.29, 0.717) is 30.4 Å². The van der Waals surface area contributed by atoms with E-state index in [-0.39, 0.29) is 23.9 Å². The fourth-order valence-electron chi connectivity index (χ4n) is 5.28. The molecule has 2 aromatic carbocycles. The number of ketones is 1. The Labute approximate surface area is 198 Å². The fourth-order valence-corrected chi connectivity index (χ4v) is 5.28. The quantitative estimate of drug-likeness (QED) is 0.490. The van der Waals surface area contributed by atoms with Crippen LogP contribution < -0.4 is 10.6 Å². The molecule has 0 saturated heterocycles. The molecule has 1 saturated carbocycles. The number of carboxylic acids is 1. The minimum absolute atomic E-state index is 0.117. The first-order valence-electron chi connectivity index (χ1n) is 12.1. The predicted molar refractivity (Wildman–Crippen MR) is 128 cm³/mol. The van der Waals surface area contributed by atoms with Crippen LogP contribution in [0.3, 0.4) is 0 Å². The number of amides is 2. The lowest BCUT2D eigenvalue weighted by Gasteiger charge is -2.35. The van der Waals surface area contributed by atoms with Crippen molar-refractivity contribution in [1.29, 1.82) is 0 Å². The number of halogens is 1. The second kappa shape index (κ2) is 9.95. The highest BCUT2D eigenvalue weighted by molar-refractivity contribution is 6.04. The van der Waals surface area contributed by atoms with Gasteiger partial charge in [0.05, 0.1) is 12.1 Å².